The molecule has 65 valence electrons. The van der Waals surface area contributed by atoms with Gasteiger partial charge in [-0.15, -0.1) is 11.8 Å². The Morgan fingerprint density at radius 1 is 1.25 bits per heavy atom. The van der Waals surface area contributed by atoms with Crippen LogP contribution in [0.5, 0.6) is 0 Å². The Hall–Kier alpha value is -0.640. The van der Waals surface area contributed by atoms with Crippen molar-refractivity contribution >= 4 is 11.8 Å². The van der Waals surface area contributed by atoms with Crippen LogP contribution in [-0.4, -0.2) is 0 Å². The highest BCUT2D eigenvalue weighted by Gasteiger charge is 2.30. The van der Waals surface area contributed by atoms with Gasteiger partial charge in [0.1, 0.15) is 0 Å². The summed E-state index contributed by atoms with van der Waals surface area (Å²) in [5.41, 5.74) is -0.629. The summed E-state index contributed by atoms with van der Waals surface area (Å²) >= 11 is 1.05. The monoisotopic (exact) mass is 191 g/mol. The number of benzene rings is 1. The van der Waals surface area contributed by atoms with E-state index in [1.54, 1.807) is 6.07 Å². The highest BCUT2D eigenvalue weighted by molar-refractivity contribution is 8.00. The Balaban J connectivity index is 3.02. The first-order chi connectivity index (χ1) is 5.54. The zero-order valence-corrected chi connectivity index (χ0v) is 6.88. The van der Waals surface area contributed by atoms with E-state index in [0.29, 0.717) is 4.90 Å². The van der Waals surface area contributed by atoms with E-state index in [9.17, 15) is 13.2 Å². The van der Waals surface area contributed by atoms with Crippen LogP contribution in [0, 0.1) is 6.26 Å². The third kappa shape index (κ3) is 2.17. The summed E-state index contributed by atoms with van der Waals surface area (Å²) in [6.07, 6.45) is -0.830. The first-order valence-electron chi connectivity index (χ1n) is 3.13. The second kappa shape index (κ2) is 3.39. The number of hydrogen-bond donors (Lipinski definition) is 0. The molecule has 0 saturated heterocycles. The van der Waals surface area contributed by atoms with E-state index < -0.39 is 11.7 Å². The van der Waals surface area contributed by atoms with Gasteiger partial charge in [-0.2, -0.15) is 13.2 Å². The van der Waals surface area contributed by atoms with Gasteiger partial charge < -0.3 is 0 Å². The molecule has 0 amide bonds. The summed E-state index contributed by atoms with van der Waals surface area (Å²) in [6.45, 7) is 0. The van der Waals surface area contributed by atoms with Crippen LogP contribution in [0.25, 0.3) is 0 Å². The van der Waals surface area contributed by atoms with E-state index in [2.05, 4.69) is 6.26 Å². The lowest BCUT2D eigenvalue weighted by atomic mass is 10.2. The smallest absolute Gasteiger partial charge is 0.166 e. The molecule has 0 nitrogen and oxygen atoms in total. The molecule has 0 bridgehead atoms. The molecule has 0 spiro atoms. The maximum Gasteiger partial charge on any atom is 0.416 e. The Morgan fingerprint density at radius 3 is 2.42 bits per heavy atom. The molecule has 0 aliphatic rings. The van der Waals surface area contributed by atoms with Crippen molar-refractivity contribution in [3.8, 4) is 0 Å². The van der Waals surface area contributed by atoms with Crippen molar-refractivity contribution in [2.75, 3.05) is 0 Å². The van der Waals surface area contributed by atoms with Crippen LogP contribution in [0.2, 0.25) is 0 Å². The van der Waals surface area contributed by atoms with E-state index in [1.165, 1.54) is 6.07 Å². The Labute approximate surface area is 72.8 Å². The molecule has 1 aromatic rings. The maximum absolute atomic E-state index is 12.1. The van der Waals surface area contributed by atoms with Gasteiger partial charge in [0.2, 0.25) is 0 Å². The quantitative estimate of drug-likeness (QED) is 0.611. The minimum atomic E-state index is -4.26. The molecule has 1 aromatic carbocycles. The van der Waals surface area contributed by atoms with Gasteiger partial charge in [-0.25, -0.2) is 0 Å². The third-order valence-electron chi connectivity index (χ3n) is 1.33. The van der Waals surface area contributed by atoms with Gasteiger partial charge in [0.25, 0.3) is 0 Å². The van der Waals surface area contributed by atoms with Crippen molar-refractivity contribution in [2.24, 2.45) is 0 Å². The van der Waals surface area contributed by atoms with E-state index in [-0.39, 0.29) is 0 Å². The highest BCUT2D eigenvalue weighted by Crippen LogP contribution is 2.31. The van der Waals surface area contributed by atoms with Crippen LogP contribution in [0.4, 0.5) is 13.2 Å². The zero-order chi connectivity index (χ0) is 9.19. The molecule has 12 heavy (non-hydrogen) atoms. The lowest BCUT2D eigenvalue weighted by Gasteiger charge is -2.06. The van der Waals surface area contributed by atoms with Gasteiger partial charge >= 0.3 is 6.18 Å². The number of alkyl halides is 3. The SMILES string of the molecule is [CH2]Sc1cccc(C(F)(F)F)c1. The second-order valence-electron chi connectivity index (χ2n) is 2.17. The fraction of sp³-hybridized carbons (Fsp3) is 0.125. The molecule has 0 aliphatic heterocycles. The highest BCUT2D eigenvalue weighted by atomic mass is 32.2. The van der Waals surface area contributed by atoms with E-state index in [4.69, 9.17) is 0 Å². The van der Waals surface area contributed by atoms with E-state index in [0.717, 1.165) is 23.9 Å². The molecule has 4 heteroatoms. The van der Waals surface area contributed by atoms with Gasteiger partial charge in [-0.1, -0.05) is 6.07 Å². The average Bonchev–Trinajstić information content (AvgIpc) is 2.03. The van der Waals surface area contributed by atoms with Gasteiger partial charge in [-0.3, -0.25) is 0 Å². The standard InChI is InChI=1S/C8H6F3S/c1-12-7-4-2-3-6(5-7)8(9,10)11/h2-5H,1H2. The van der Waals surface area contributed by atoms with Gasteiger partial charge in [0.05, 0.1) is 5.56 Å². The van der Waals surface area contributed by atoms with Crippen molar-refractivity contribution in [3.05, 3.63) is 36.1 Å². The normalized spacial score (nSPS) is 11.7. The Kier molecular flexibility index (Phi) is 2.67. The Bertz CT molecular complexity index is 267. The third-order valence-corrected chi connectivity index (χ3v) is 1.92. The number of rotatable bonds is 1. The molecule has 0 aromatic heterocycles. The van der Waals surface area contributed by atoms with Crippen molar-refractivity contribution in [3.63, 3.8) is 0 Å². The van der Waals surface area contributed by atoms with Crippen molar-refractivity contribution in [1.82, 2.24) is 0 Å². The number of thioether (sulfide) groups is 1. The number of hydrogen-bond acceptors (Lipinski definition) is 1. The predicted octanol–water partition coefficient (Wildman–Crippen LogP) is 3.59. The largest absolute Gasteiger partial charge is 0.416 e. The molecule has 0 heterocycles. The van der Waals surface area contributed by atoms with Crippen LogP contribution in [0.15, 0.2) is 29.2 Å². The summed E-state index contributed by atoms with van der Waals surface area (Å²) in [6, 6.07) is 5.08. The van der Waals surface area contributed by atoms with Crippen LogP contribution < -0.4 is 0 Å². The van der Waals surface area contributed by atoms with Crippen molar-refractivity contribution < 1.29 is 13.2 Å². The molecule has 1 radical (unpaired) electrons. The summed E-state index contributed by atoms with van der Waals surface area (Å²) in [5.74, 6) is 0. The molecule has 1 rings (SSSR count). The lowest BCUT2D eigenvalue weighted by molar-refractivity contribution is -0.137. The van der Waals surface area contributed by atoms with Gasteiger partial charge in [0, 0.05) is 11.2 Å². The first-order valence-corrected chi connectivity index (χ1v) is 4.12. The summed E-state index contributed by atoms with van der Waals surface area (Å²) in [7, 11) is 0. The molecule has 0 unspecified atom stereocenters. The zero-order valence-electron chi connectivity index (χ0n) is 6.06. The van der Waals surface area contributed by atoms with Gasteiger partial charge in [-0.05, 0) is 18.2 Å². The van der Waals surface area contributed by atoms with E-state index >= 15 is 0 Å². The average molecular weight is 191 g/mol. The minimum Gasteiger partial charge on any atom is -0.166 e. The van der Waals surface area contributed by atoms with E-state index in [1.807, 2.05) is 0 Å². The summed E-state index contributed by atoms with van der Waals surface area (Å²) < 4.78 is 36.2. The fourth-order valence-corrected chi connectivity index (χ4v) is 1.15. The van der Waals surface area contributed by atoms with Crippen LogP contribution in [0.1, 0.15) is 5.56 Å². The van der Waals surface area contributed by atoms with Crippen molar-refractivity contribution in [2.45, 2.75) is 11.1 Å². The predicted molar refractivity (Wildman–Crippen MR) is 42.7 cm³/mol. The topological polar surface area (TPSA) is 0 Å². The minimum absolute atomic E-state index is 0.518. The lowest BCUT2D eigenvalue weighted by Crippen LogP contribution is -2.04. The molecule has 0 fully saturated rings. The molecule has 0 atom stereocenters. The number of halogens is 3. The molecular formula is C8H6F3S. The van der Waals surface area contributed by atoms with Gasteiger partial charge in [0.15, 0.2) is 0 Å². The summed E-state index contributed by atoms with van der Waals surface area (Å²) in [4.78, 5) is 0.518. The first kappa shape index (κ1) is 9.45. The Morgan fingerprint density at radius 2 is 1.92 bits per heavy atom. The fourth-order valence-electron chi connectivity index (χ4n) is 0.762. The van der Waals surface area contributed by atoms with Crippen LogP contribution in [-0.2, 0) is 6.18 Å². The van der Waals surface area contributed by atoms with Crippen molar-refractivity contribution in [1.29, 1.82) is 0 Å². The second-order valence-corrected chi connectivity index (χ2v) is 2.93. The molecular weight excluding hydrogens is 185 g/mol. The molecule has 0 N–H and O–H groups in total. The van der Waals surface area contributed by atoms with Crippen LogP contribution >= 0.6 is 11.8 Å². The molecule has 0 saturated carbocycles. The maximum atomic E-state index is 12.1. The molecule has 0 aliphatic carbocycles. The summed E-state index contributed by atoms with van der Waals surface area (Å²) in [5, 5.41) is 0. The van der Waals surface area contributed by atoms with Crippen LogP contribution in [0.3, 0.4) is 0 Å².